The smallest absolute Gasteiger partial charge is 0.410 e. The number of nitrogens with zero attached hydrogens (tertiary/aromatic N) is 3. The van der Waals surface area contributed by atoms with Gasteiger partial charge in [-0.15, -0.1) is 0 Å². The normalized spacial score (nSPS) is 27.9. The molecular weight excluding hydrogens is 356 g/mol. The van der Waals surface area contributed by atoms with E-state index in [1.165, 1.54) is 4.90 Å². The number of rotatable bonds is 4. The van der Waals surface area contributed by atoms with Gasteiger partial charge in [0.15, 0.2) is 0 Å². The Morgan fingerprint density at radius 2 is 2.00 bits per heavy atom. The number of piperidine rings is 1. The predicted octanol–water partition coefficient (Wildman–Crippen LogP) is 1.09. The summed E-state index contributed by atoms with van der Waals surface area (Å²) in [5.41, 5.74) is 1.82. The molecule has 152 valence electrons. The predicted molar refractivity (Wildman–Crippen MR) is 92.6 cm³/mol. The Labute approximate surface area is 158 Å². The van der Waals surface area contributed by atoms with Crippen LogP contribution in [-0.2, 0) is 14.4 Å². The summed E-state index contributed by atoms with van der Waals surface area (Å²) < 4.78 is 5.40. The van der Waals surface area contributed by atoms with Crippen molar-refractivity contribution in [3.05, 3.63) is 0 Å². The summed E-state index contributed by atoms with van der Waals surface area (Å²) in [6.45, 7) is 6.52. The molecule has 3 atom stereocenters. The van der Waals surface area contributed by atoms with Crippen LogP contribution in [-0.4, -0.2) is 81.5 Å². The van der Waals surface area contributed by atoms with Gasteiger partial charge in [0.25, 0.3) is 5.91 Å². The summed E-state index contributed by atoms with van der Waals surface area (Å²) in [5.74, 6) is -0.418. The van der Waals surface area contributed by atoms with E-state index in [9.17, 15) is 19.6 Å². The number of carbonyl (C=O) groups is 3. The van der Waals surface area contributed by atoms with E-state index in [4.69, 9.17) is 9.57 Å². The summed E-state index contributed by atoms with van der Waals surface area (Å²) in [6, 6.07) is -1.62. The monoisotopic (exact) mass is 384 g/mol. The first kappa shape index (κ1) is 19.7. The second-order valence-electron chi connectivity index (χ2n) is 8.27. The molecular formula is C17H28N4O6. The van der Waals surface area contributed by atoms with Crippen LogP contribution in [0.15, 0.2) is 0 Å². The SMILES string of the molecule is CC(C)(C)OC(=O)N1CCC[C@@H]1CONC(=O)[C@@H]1CCC2CN1C(=O)N2O. The van der Waals surface area contributed by atoms with E-state index in [0.29, 0.717) is 31.0 Å². The minimum Gasteiger partial charge on any atom is -0.444 e. The van der Waals surface area contributed by atoms with Gasteiger partial charge in [-0.05, 0) is 46.5 Å². The zero-order chi connectivity index (χ0) is 19.8. The molecule has 0 aromatic heterocycles. The number of hydrogen-bond donors (Lipinski definition) is 2. The molecule has 0 radical (unpaired) electrons. The number of carbonyl (C=O) groups excluding carboxylic acids is 3. The Balaban J connectivity index is 1.47. The highest BCUT2D eigenvalue weighted by Crippen LogP contribution is 2.28. The number of hydrogen-bond acceptors (Lipinski definition) is 6. The van der Waals surface area contributed by atoms with Crippen LogP contribution in [0.1, 0.15) is 46.5 Å². The molecule has 2 N–H and O–H groups in total. The molecule has 3 saturated heterocycles. The lowest BCUT2D eigenvalue weighted by Crippen LogP contribution is -2.50. The van der Waals surface area contributed by atoms with Crippen LogP contribution in [0.4, 0.5) is 9.59 Å². The van der Waals surface area contributed by atoms with Gasteiger partial charge in [0.1, 0.15) is 11.6 Å². The maximum absolute atomic E-state index is 12.4. The fraction of sp³-hybridized carbons (Fsp3) is 0.824. The molecule has 0 spiro atoms. The van der Waals surface area contributed by atoms with Crippen molar-refractivity contribution in [2.75, 3.05) is 19.7 Å². The highest BCUT2D eigenvalue weighted by Gasteiger charge is 2.47. The molecule has 0 aromatic carbocycles. The molecule has 10 heteroatoms. The highest BCUT2D eigenvalue weighted by atomic mass is 16.7. The third-order valence-electron chi connectivity index (χ3n) is 5.10. The first-order valence-electron chi connectivity index (χ1n) is 9.37. The van der Waals surface area contributed by atoms with E-state index in [1.807, 2.05) is 20.8 Å². The van der Waals surface area contributed by atoms with Gasteiger partial charge in [0.05, 0.1) is 18.7 Å². The Morgan fingerprint density at radius 1 is 1.26 bits per heavy atom. The van der Waals surface area contributed by atoms with E-state index >= 15 is 0 Å². The number of hydroxylamine groups is 3. The Bertz CT molecular complexity index is 607. The van der Waals surface area contributed by atoms with E-state index in [-0.39, 0.29) is 24.8 Å². The molecule has 10 nitrogen and oxygen atoms in total. The second-order valence-corrected chi connectivity index (χ2v) is 8.27. The fourth-order valence-corrected chi connectivity index (χ4v) is 3.77. The van der Waals surface area contributed by atoms with Crippen LogP contribution in [0.2, 0.25) is 0 Å². The van der Waals surface area contributed by atoms with Gasteiger partial charge < -0.3 is 14.5 Å². The number of ether oxygens (including phenoxy) is 1. The molecule has 3 fully saturated rings. The highest BCUT2D eigenvalue weighted by molar-refractivity contribution is 5.87. The van der Waals surface area contributed by atoms with E-state index < -0.39 is 23.6 Å². The molecule has 0 saturated carbocycles. The lowest BCUT2D eigenvalue weighted by Gasteiger charge is -2.30. The van der Waals surface area contributed by atoms with Crippen molar-refractivity contribution < 1.29 is 29.2 Å². The van der Waals surface area contributed by atoms with Gasteiger partial charge in [-0.3, -0.25) is 14.8 Å². The van der Waals surface area contributed by atoms with Crippen LogP contribution in [0.3, 0.4) is 0 Å². The molecule has 2 bridgehead atoms. The molecule has 3 heterocycles. The third kappa shape index (κ3) is 4.27. The van der Waals surface area contributed by atoms with Gasteiger partial charge in [0.2, 0.25) is 0 Å². The van der Waals surface area contributed by atoms with E-state index in [2.05, 4.69) is 5.48 Å². The molecule has 4 amide bonds. The Kier molecular flexibility index (Phi) is 5.48. The van der Waals surface area contributed by atoms with Crippen LogP contribution in [0.25, 0.3) is 0 Å². The van der Waals surface area contributed by atoms with Crippen LogP contribution in [0, 0.1) is 0 Å². The van der Waals surface area contributed by atoms with Gasteiger partial charge >= 0.3 is 12.1 Å². The minimum absolute atomic E-state index is 0.153. The second kappa shape index (κ2) is 7.51. The van der Waals surface area contributed by atoms with Gasteiger partial charge in [0, 0.05) is 13.1 Å². The number of likely N-dealkylation sites (tertiary alicyclic amines) is 1. The van der Waals surface area contributed by atoms with Gasteiger partial charge in [-0.2, -0.15) is 0 Å². The first-order valence-corrected chi connectivity index (χ1v) is 9.37. The fourth-order valence-electron chi connectivity index (χ4n) is 3.77. The molecule has 3 aliphatic rings. The zero-order valence-electron chi connectivity index (χ0n) is 16.0. The van der Waals surface area contributed by atoms with Crippen molar-refractivity contribution in [2.24, 2.45) is 0 Å². The Morgan fingerprint density at radius 3 is 2.70 bits per heavy atom. The molecule has 0 aliphatic carbocycles. The maximum atomic E-state index is 12.4. The molecule has 3 aliphatic heterocycles. The summed E-state index contributed by atoms with van der Waals surface area (Å²) in [7, 11) is 0. The average molecular weight is 384 g/mol. The molecule has 3 rings (SSSR count). The van der Waals surface area contributed by atoms with Crippen molar-refractivity contribution >= 4 is 18.0 Å². The van der Waals surface area contributed by atoms with Crippen LogP contribution in [0.5, 0.6) is 0 Å². The number of nitrogens with one attached hydrogen (secondary N) is 1. The van der Waals surface area contributed by atoms with Crippen molar-refractivity contribution in [1.29, 1.82) is 0 Å². The van der Waals surface area contributed by atoms with E-state index in [1.54, 1.807) is 4.90 Å². The lowest BCUT2D eigenvalue weighted by atomic mass is 10.0. The number of fused-ring (bicyclic) bond motifs is 2. The van der Waals surface area contributed by atoms with Crippen molar-refractivity contribution in [1.82, 2.24) is 20.3 Å². The van der Waals surface area contributed by atoms with Gasteiger partial charge in [-0.1, -0.05) is 0 Å². The van der Waals surface area contributed by atoms with Crippen molar-refractivity contribution in [2.45, 2.75) is 70.2 Å². The summed E-state index contributed by atoms with van der Waals surface area (Å²) >= 11 is 0. The first-order chi connectivity index (χ1) is 12.7. The summed E-state index contributed by atoms with van der Waals surface area (Å²) in [5, 5.41) is 10.4. The summed E-state index contributed by atoms with van der Waals surface area (Å²) in [4.78, 5) is 44.9. The topological polar surface area (TPSA) is 112 Å². The van der Waals surface area contributed by atoms with Crippen LogP contribution < -0.4 is 5.48 Å². The quantitative estimate of drug-likeness (QED) is 0.554. The molecule has 0 aromatic rings. The zero-order valence-corrected chi connectivity index (χ0v) is 16.0. The third-order valence-corrected chi connectivity index (χ3v) is 5.10. The molecule has 27 heavy (non-hydrogen) atoms. The van der Waals surface area contributed by atoms with Crippen LogP contribution >= 0.6 is 0 Å². The minimum atomic E-state index is -0.656. The largest absolute Gasteiger partial charge is 0.444 e. The van der Waals surface area contributed by atoms with E-state index in [0.717, 1.165) is 12.8 Å². The number of amides is 4. The standard InChI is InChI=1S/C17H28N4O6/c1-17(2,3)27-16(24)19-8-4-5-12(19)10-26-18-14(22)13-7-6-11-9-20(13)15(23)21(11)25/h11-13,25H,4-10H2,1-3H3,(H,18,22)/t11?,12-,13+/m1/s1. The maximum Gasteiger partial charge on any atom is 0.410 e. The van der Waals surface area contributed by atoms with Gasteiger partial charge in [-0.25, -0.2) is 20.1 Å². The number of urea groups is 1. The van der Waals surface area contributed by atoms with Crippen molar-refractivity contribution in [3.63, 3.8) is 0 Å². The average Bonchev–Trinajstić information content (AvgIpc) is 3.14. The Hall–Kier alpha value is -2.07. The summed E-state index contributed by atoms with van der Waals surface area (Å²) in [6.07, 6.45) is 2.26. The van der Waals surface area contributed by atoms with Crippen molar-refractivity contribution in [3.8, 4) is 0 Å². The lowest BCUT2D eigenvalue weighted by molar-refractivity contribution is -0.140. The molecule has 1 unspecified atom stereocenters.